The zero-order chi connectivity index (χ0) is 16.5. The molecule has 2 aromatic heterocycles. The normalized spacial score (nSPS) is 14.0. The molecule has 0 fully saturated rings. The molecule has 0 saturated heterocycles. The van der Waals surface area contributed by atoms with E-state index in [1.807, 2.05) is 42.1 Å². The molecule has 0 amide bonds. The summed E-state index contributed by atoms with van der Waals surface area (Å²) in [5, 5.41) is 10.3. The smallest absolute Gasteiger partial charge is 0.0938 e. The molecule has 0 aliphatic heterocycles. The lowest BCUT2D eigenvalue weighted by Gasteiger charge is -2.03. The molecular weight excluding hydrogens is 318 g/mol. The quantitative estimate of drug-likeness (QED) is 0.688. The van der Waals surface area contributed by atoms with Gasteiger partial charge in [0, 0.05) is 15.5 Å². The van der Waals surface area contributed by atoms with Crippen molar-refractivity contribution in [2.24, 2.45) is 0 Å². The van der Waals surface area contributed by atoms with Crippen molar-refractivity contribution in [1.82, 2.24) is 20.0 Å². The van der Waals surface area contributed by atoms with Crippen LogP contribution in [0, 0.1) is 13.8 Å². The average molecular weight is 336 g/mol. The van der Waals surface area contributed by atoms with Crippen LogP contribution in [0.4, 0.5) is 0 Å². The SMILES string of the molecule is Cc1nc(-[n+]2nc(-c3ccccc3)nn2C2=CCCC=C2)sc1C. The first-order valence-electron chi connectivity index (χ1n) is 7.99. The molecule has 0 spiro atoms. The zero-order valence-electron chi connectivity index (χ0n) is 13.7. The van der Waals surface area contributed by atoms with E-state index in [9.17, 15) is 0 Å². The van der Waals surface area contributed by atoms with Crippen LogP contribution in [-0.2, 0) is 0 Å². The largest absolute Gasteiger partial charge is 0.364 e. The Morgan fingerprint density at radius 3 is 2.62 bits per heavy atom. The van der Waals surface area contributed by atoms with Crippen molar-refractivity contribution in [1.29, 1.82) is 0 Å². The molecule has 0 bridgehead atoms. The number of hydrogen-bond acceptors (Lipinski definition) is 4. The van der Waals surface area contributed by atoms with Gasteiger partial charge in [-0.1, -0.05) is 46.7 Å². The second-order valence-electron chi connectivity index (χ2n) is 5.72. The van der Waals surface area contributed by atoms with Crippen LogP contribution in [0.15, 0.2) is 48.6 Å². The van der Waals surface area contributed by atoms with Crippen molar-refractivity contribution in [3.63, 3.8) is 0 Å². The lowest BCUT2D eigenvalue weighted by Crippen LogP contribution is -2.43. The van der Waals surface area contributed by atoms with Gasteiger partial charge in [0.05, 0.1) is 0 Å². The number of nitrogens with zero attached hydrogens (tertiary/aromatic N) is 5. The molecule has 0 saturated carbocycles. The van der Waals surface area contributed by atoms with Crippen molar-refractivity contribution >= 4 is 17.0 Å². The van der Waals surface area contributed by atoms with Gasteiger partial charge in [0.2, 0.25) is 0 Å². The Morgan fingerprint density at radius 2 is 1.96 bits per heavy atom. The van der Waals surface area contributed by atoms with Crippen LogP contribution in [0.25, 0.3) is 22.2 Å². The first-order chi connectivity index (χ1) is 11.7. The molecule has 1 aromatic carbocycles. The number of benzene rings is 1. The van der Waals surface area contributed by atoms with Crippen LogP contribution < -0.4 is 4.80 Å². The molecule has 0 N–H and O–H groups in total. The number of tetrazole rings is 1. The third kappa shape index (κ3) is 2.69. The Labute approximate surface area is 144 Å². The van der Waals surface area contributed by atoms with Crippen molar-refractivity contribution < 1.29 is 4.80 Å². The van der Waals surface area contributed by atoms with Crippen LogP contribution in [-0.4, -0.2) is 20.0 Å². The highest BCUT2D eigenvalue weighted by atomic mass is 32.1. The lowest BCUT2D eigenvalue weighted by molar-refractivity contribution is -0.732. The summed E-state index contributed by atoms with van der Waals surface area (Å²) < 4.78 is 0. The minimum absolute atomic E-state index is 0.695. The van der Waals surface area contributed by atoms with E-state index in [0.29, 0.717) is 5.82 Å². The highest BCUT2D eigenvalue weighted by molar-refractivity contribution is 7.13. The highest BCUT2D eigenvalue weighted by Crippen LogP contribution is 2.20. The van der Waals surface area contributed by atoms with Crippen molar-refractivity contribution in [3.05, 3.63) is 59.1 Å². The van der Waals surface area contributed by atoms with E-state index in [2.05, 4.69) is 30.1 Å². The van der Waals surface area contributed by atoms with Gasteiger partial charge < -0.3 is 0 Å². The molecule has 0 unspecified atom stereocenters. The molecule has 0 atom stereocenters. The molecule has 0 radical (unpaired) electrons. The van der Waals surface area contributed by atoms with Gasteiger partial charge in [-0.3, -0.25) is 0 Å². The molecule has 3 aromatic rings. The van der Waals surface area contributed by atoms with Gasteiger partial charge >= 0.3 is 5.13 Å². The predicted molar refractivity (Wildman–Crippen MR) is 94.8 cm³/mol. The summed E-state index contributed by atoms with van der Waals surface area (Å²) in [5.74, 6) is 0.695. The number of thiazole rings is 1. The fourth-order valence-corrected chi connectivity index (χ4v) is 3.42. The number of aryl methyl sites for hydroxylation is 2. The molecule has 6 heteroatoms. The third-order valence-corrected chi connectivity index (χ3v) is 5.02. The van der Waals surface area contributed by atoms with E-state index in [1.54, 1.807) is 16.1 Å². The number of hydrogen-bond donors (Lipinski definition) is 0. The maximum atomic E-state index is 4.74. The maximum Gasteiger partial charge on any atom is 0.364 e. The number of rotatable bonds is 3. The van der Waals surface area contributed by atoms with Gasteiger partial charge in [0.25, 0.3) is 5.82 Å². The Bertz CT molecular complexity index is 914. The summed E-state index contributed by atoms with van der Waals surface area (Å²) >= 11 is 1.63. The molecule has 5 nitrogen and oxygen atoms in total. The molecule has 120 valence electrons. The van der Waals surface area contributed by atoms with Crippen molar-refractivity contribution in [2.75, 3.05) is 0 Å². The minimum Gasteiger partial charge on any atom is -0.0938 e. The standard InChI is InChI=1S/C18H18N5S/c1-13-14(2)24-18(19-13)23-21-17(15-9-5-3-6-10-15)20-22(23)16-11-7-4-8-12-16/h3,5-7,9-12H,4,8H2,1-2H3/q+1. The Balaban J connectivity index is 1.88. The van der Waals surface area contributed by atoms with Gasteiger partial charge in [-0.05, 0) is 59.6 Å². The summed E-state index contributed by atoms with van der Waals surface area (Å²) in [6, 6.07) is 10.0. The molecule has 4 rings (SSSR count). The summed E-state index contributed by atoms with van der Waals surface area (Å²) in [4.78, 5) is 9.49. The van der Waals surface area contributed by atoms with Gasteiger partial charge in [-0.2, -0.15) is 0 Å². The van der Waals surface area contributed by atoms with Gasteiger partial charge in [0.1, 0.15) is 11.4 Å². The second kappa shape index (κ2) is 6.13. The van der Waals surface area contributed by atoms with Crippen LogP contribution >= 0.6 is 11.3 Å². The fourth-order valence-electron chi connectivity index (χ4n) is 2.57. The van der Waals surface area contributed by atoms with E-state index in [4.69, 9.17) is 10.2 Å². The fraction of sp³-hybridized carbons (Fsp3) is 0.222. The second-order valence-corrected chi connectivity index (χ2v) is 6.90. The van der Waals surface area contributed by atoms with Crippen molar-refractivity contribution in [2.45, 2.75) is 26.7 Å². The van der Waals surface area contributed by atoms with Crippen LogP contribution in [0.2, 0.25) is 0 Å². The molecular formula is C18H18N5S+. The molecule has 2 heterocycles. The van der Waals surface area contributed by atoms with Gasteiger partial charge in [-0.15, -0.1) is 0 Å². The van der Waals surface area contributed by atoms with E-state index in [0.717, 1.165) is 34.9 Å². The summed E-state index contributed by atoms with van der Waals surface area (Å²) in [6.45, 7) is 4.10. The molecule has 1 aliphatic carbocycles. The summed E-state index contributed by atoms with van der Waals surface area (Å²) in [5.41, 5.74) is 3.06. The van der Waals surface area contributed by atoms with Crippen LogP contribution in [0.1, 0.15) is 23.4 Å². The summed E-state index contributed by atoms with van der Waals surface area (Å²) in [7, 11) is 0. The monoisotopic (exact) mass is 336 g/mol. The van der Waals surface area contributed by atoms with E-state index in [-0.39, 0.29) is 0 Å². The first-order valence-corrected chi connectivity index (χ1v) is 8.80. The van der Waals surface area contributed by atoms with Crippen molar-refractivity contribution in [3.8, 4) is 16.5 Å². The van der Waals surface area contributed by atoms with Crippen LogP contribution in [0.5, 0.6) is 0 Å². The van der Waals surface area contributed by atoms with Gasteiger partial charge in [-0.25, -0.2) is 0 Å². The summed E-state index contributed by atoms with van der Waals surface area (Å²) in [6.07, 6.45) is 8.54. The zero-order valence-corrected chi connectivity index (χ0v) is 14.5. The predicted octanol–water partition coefficient (Wildman–Crippen LogP) is 3.49. The highest BCUT2D eigenvalue weighted by Gasteiger charge is 2.25. The Morgan fingerprint density at radius 1 is 1.12 bits per heavy atom. The molecule has 24 heavy (non-hydrogen) atoms. The van der Waals surface area contributed by atoms with Gasteiger partial charge in [0.15, 0.2) is 0 Å². The molecule has 1 aliphatic rings. The Kier molecular flexibility index (Phi) is 3.82. The van der Waals surface area contributed by atoms with E-state index >= 15 is 0 Å². The third-order valence-electron chi connectivity index (χ3n) is 3.99. The average Bonchev–Trinajstić information content (AvgIpc) is 3.21. The minimum atomic E-state index is 0.695. The lowest BCUT2D eigenvalue weighted by atomic mass is 10.1. The first kappa shape index (κ1) is 15.0. The number of aromatic nitrogens is 5. The Hall–Kier alpha value is -2.60. The van der Waals surface area contributed by atoms with Crippen LogP contribution in [0.3, 0.4) is 0 Å². The maximum absolute atomic E-state index is 4.74. The topological polar surface area (TPSA) is 47.5 Å². The number of allylic oxidation sites excluding steroid dienone is 4. The van der Waals surface area contributed by atoms with E-state index < -0.39 is 0 Å². The van der Waals surface area contributed by atoms with E-state index in [1.165, 1.54) is 4.88 Å².